The molecular weight excluding hydrogens is 124 g/mol. The van der Waals surface area contributed by atoms with Crippen molar-refractivity contribution < 1.29 is 0 Å². The van der Waals surface area contributed by atoms with Crippen LogP contribution in [0, 0.1) is 0 Å². The Kier molecular flexibility index (Phi) is 5.03. The summed E-state index contributed by atoms with van der Waals surface area (Å²) >= 11 is 0. The largest absolute Gasteiger partial charge is 0.388 e. The van der Waals surface area contributed by atoms with Gasteiger partial charge < -0.3 is 10.6 Å². The Labute approximate surface area is 63.7 Å². The van der Waals surface area contributed by atoms with Crippen LogP contribution >= 0.6 is 0 Å². The van der Waals surface area contributed by atoms with Gasteiger partial charge in [-0.2, -0.15) is 0 Å². The van der Waals surface area contributed by atoms with E-state index >= 15 is 0 Å². The average Bonchev–Trinajstić information content (AvgIpc) is 1.89. The van der Waals surface area contributed by atoms with Crippen molar-refractivity contribution >= 4 is 0 Å². The highest BCUT2D eigenvalue weighted by Gasteiger charge is 2.01. The van der Waals surface area contributed by atoms with E-state index in [9.17, 15) is 0 Å². The molecule has 0 spiro atoms. The van der Waals surface area contributed by atoms with Crippen LogP contribution in [0.3, 0.4) is 0 Å². The summed E-state index contributed by atoms with van der Waals surface area (Å²) < 4.78 is 0. The van der Waals surface area contributed by atoms with E-state index < -0.39 is 0 Å². The van der Waals surface area contributed by atoms with Gasteiger partial charge in [0.15, 0.2) is 0 Å². The molecule has 2 nitrogen and oxygen atoms in total. The molecule has 0 aliphatic rings. The van der Waals surface area contributed by atoms with Crippen LogP contribution in [-0.4, -0.2) is 19.1 Å². The van der Waals surface area contributed by atoms with E-state index in [4.69, 9.17) is 0 Å². The molecule has 10 heavy (non-hydrogen) atoms. The lowest BCUT2D eigenvalue weighted by atomic mass is 10.2. The third-order valence-electron chi connectivity index (χ3n) is 1.44. The molecule has 0 aliphatic heterocycles. The summed E-state index contributed by atoms with van der Waals surface area (Å²) in [5.41, 5.74) is 1.07. The molecule has 0 amide bonds. The molecule has 0 saturated heterocycles. The third kappa shape index (κ3) is 3.51. The van der Waals surface area contributed by atoms with Crippen molar-refractivity contribution in [3.05, 3.63) is 12.3 Å². The molecular formula is C8H18N2. The van der Waals surface area contributed by atoms with Crippen LogP contribution in [0.25, 0.3) is 0 Å². The van der Waals surface area contributed by atoms with Gasteiger partial charge >= 0.3 is 0 Å². The molecule has 1 atom stereocenters. The lowest BCUT2D eigenvalue weighted by molar-refractivity contribution is 0.594. The van der Waals surface area contributed by atoms with Gasteiger partial charge in [0, 0.05) is 18.3 Å². The number of hydrogen-bond donors (Lipinski definition) is 2. The zero-order valence-electron chi connectivity index (χ0n) is 7.20. The van der Waals surface area contributed by atoms with E-state index in [1.165, 1.54) is 0 Å². The monoisotopic (exact) mass is 142 g/mol. The molecule has 0 aromatic carbocycles. The summed E-state index contributed by atoms with van der Waals surface area (Å²) in [6, 6.07) is 0.380. The van der Waals surface area contributed by atoms with Crippen molar-refractivity contribution in [2.75, 3.05) is 13.1 Å². The fraction of sp³-hybridized carbons (Fsp3) is 0.750. The minimum absolute atomic E-state index is 0.380. The maximum atomic E-state index is 3.89. The quantitative estimate of drug-likeness (QED) is 0.601. The molecule has 2 heteroatoms. The molecule has 0 aromatic heterocycles. The highest BCUT2D eigenvalue weighted by Crippen LogP contribution is 1.91. The van der Waals surface area contributed by atoms with Gasteiger partial charge in [0.25, 0.3) is 0 Å². The van der Waals surface area contributed by atoms with Crippen LogP contribution in [0.5, 0.6) is 0 Å². The van der Waals surface area contributed by atoms with Gasteiger partial charge in [-0.05, 0) is 20.4 Å². The SMILES string of the molecule is C=C(NCC)C(C)NCC. The molecule has 0 aromatic rings. The van der Waals surface area contributed by atoms with Crippen LogP contribution in [0.2, 0.25) is 0 Å². The zero-order chi connectivity index (χ0) is 7.98. The standard InChI is InChI=1S/C8H18N2/c1-5-9-7(3)8(4)10-6-2/h8-10H,3,5-6H2,1-2,4H3. The summed E-state index contributed by atoms with van der Waals surface area (Å²) in [6.07, 6.45) is 0. The molecule has 1 unspecified atom stereocenters. The Morgan fingerprint density at radius 2 is 2.00 bits per heavy atom. The van der Waals surface area contributed by atoms with Crippen LogP contribution < -0.4 is 10.6 Å². The Balaban J connectivity index is 3.49. The normalized spacial score (nSPS) is 12.7. The predicted octanol–water partition coefficient (Wildman–Crippen LogP) is 1.11. The first-order valence-corrected chi connectivity index (χ1v) is 3.88. The van der Waals surface area contributed by atoms with Crippen molar-refractivity contribution in [2.24, 2.45) is 0 Å². The fourth-order valence-corrected chi connectivity index (χ4v) is 0.810. The Morgan fingerprint density at radius 1 is 1.40 bits per heavy atom. The van der Waals surface area contributed by atoms with Crippen LogP contribution in [0.4, 0.5) is 0 Å². The topological polar surface area (TPSA) is 24.1 Å². The fourth-order valence-electron chi connectivity index (χ4n) is 0.810. The highest BCUT2D eigenvalue weighted by molar-refractivity contribution is 5.00. The van der Waals surface area contributed by atoms with Gasteiger partial charge in [-0.1, -0.05) is 13.5 Å². The van der Waals surface area contributed by atoms with Gasteiger partial charge in [-0.15, -0.1) is 0 Å². The number of hydrogen-bond acceptors (Lipinski definition) is 2. The first-order chi connectivity index (χ1) is 4.72. The molecule has 0 rings (SSSR count). The van der Waals surface area contributed by atoms with Crippen molar-refractivity contribution in [1.29, 1.82) is 0 Å². The maximum Gasteiger partial charge on any atom is 0.0434 e. The van der Waals surface area contributed by atoms with Crippen molar-refractivity contribution in [1.82, 2.24) is 10.6 Å². The second-order valence-electron chi connectivity index (χ2n) is 2.33. The predicted molar refractivity (Wildman–Crippen MR) is 46.0 cm³/mol. The molecule has 0 bridgehead atoms. The number of likely N-dealkylation sites (N-methyl/N-ethyl adjacent to an activating group) is 2. The molecule has 60 valence electrons. The minimum Gasteiger partial charge on any atom is -0.388 e. The number of nitrogens with one attached hydrogen (secondary N) is 2. The van der Waals surface area contributed by atoms with E-state index in [2.05, 4.69) is 38.0 Å². The van der Waals surface area contributed by atoms with Gasteiger partial charge in [-0.3, -0.25) is 0 Å². The molecule has 0 saturated carbocycles. The van der Waals surface area contributed by atoms with Crippen molar-refractivity contribution in [3.8, 4) is 0 Å². The first kappa shape index (κ1) is 9.50. The van der Waals surface area contributed by atoms with Gasteiger partial charge in [0.1, 0.15) is 0 Å². The Hall–Kier alpha value is -0.500. The summed E-state index contributed by atoms with van der Waals surface area (Å²) in [6.45, 7) is 12.1. The van der Waals surface area contributed by atoms with Crippen LogP contribution in [0.15, 0.2) is 12.3 Å². The van der Waals surface area contributed by atoms with E-state index in [1.807, 2.05) is 0 Å². The lowest BCUT2D eigenvalue weighted by Gasteiger charge is -2.15. The molecule has 0 radical (unpaired) electrons. The average molecular weight is 142 g/mol. The van der Waals surface area contributed by atoms with E-state index in [0.717, 1.165) is 18.8 Å². The van der Waals surface area contributed by atoms with Gasteiger partial charge in [0.05, 0.1) is 0 Å². The molecule has 0 heterocycles. The zero-order valence-corrected chi connectivity index (χ0v) is 7.20. The Bertz CT molecular complexity index is 99.4. The summed E-state index contributed by atoms with van der Waals surface area (Å²) in [4.78, 5) is 0. The first-order valence-electron chi connectivity index (χ1n) is 3.88. The second kappa shape index (κ2) is 5.30. The van der Waals surface area contributed by atoms with Crippen molar-refractivity contribution in [2.45, 2.75) is 26.8 Å². The lowest BCUT2D eigenvalue weighted by Crippen LogP contribution is -2.33. The highest BCUT2D eigenvalue weighted by atomic mass is 15.0. The molecule has 2 N–H and O–H groups in total. The second-order valence-corrected chi connectivity index (χ2v) is 2.33. The summed E-state index contributed by atoms with van der Waals surface area (Å²) in [5.74, 6) is 0. The van der Waals surface area contributed by atoms with Crippen molar-refractivity contribution in [3.63, 3.8) is 0 Å². The van der Waals surface area contributed by atoms with Gasteiger partial charge in [0.2, 0.25) is 0 Å². The molecule has 0 fully saturated rings. The maximum absolute atomic E-state index is 3.89. The van der Waals surface area contributed by atoms with E-state index in [0.29, 0.717) is 6.04 Å². The summed E-state index contributed by atoms with van der Waals surface area (Å²) in [5, 5.41) is 6.44. The van der Waals surface area contributed by atoms with Gasteiger partial charge in [-0.25, -0.2) is 0 Å². The summed E-state index contributed by atoms with van der Waals surface area (Å²) in [7, 11) is 0. The van der Waals surface area contributed by atoms with Crippen LogP contribution in [0.1, 0.15) is 20.8 Å². The smallest absolute Gasteiger partial charge is 0.0434 e. The van der Waals surface area contributed by atoms with Crippen LogP contribution in [-0.2, 0) is 0 Å². The van der Waals surface area contributed by atoms with E-state index in [-0.39, 0.29) is 0 Å². The third-order valence-corrected chi connectivity index (χ3v) is 1.44. The minimum atomic E-state index is 0.380. The number of rotatable bonds is 5. The van der Waals surface area contributed by atoms with E-state index in [1.54, 1.807) is 0 Å². The molecule has 0 aliphatic carbocycles. The Morgan fingerprint density at radius 3 is 2.40 bits per heavy atom.